The van der Waals surface area contributed by atoms with Crippen molar-refractivity contribution in [3.8, 4) is 0 Å². The number of hydrogen-bond acceptors (Lipinski definition) is 7. The Morgan fingerprint density at radius 3 is 2.79 bits per heavy atom. The number of piperidine rings is 1. The molecule has 0 radical (unpaired) electrons. The predicted molar refractivity (Wildman–Crippen MR) is 103 cm³/mol. The number of benzene rings is 1. The molecule has 0 bridgehead atoms. The molecule has 3 rings (SSSR count). The van der Waals surface area contributed by atoms with Gasteiger partial charge < -0.3 is 20.3 Å². The van der Waals surface area contributed by atoms with Crippen LogP contribution in [-0.4, -0.2) is 59.7 Å². The van der Waals surface area contributed by atoms with Gasteiger partial charge in [0.05, 0.1) is 7.11 Å². The Hall–Kier alpha value is -3.01. The highest BCUT2D eigenvalue weighted by atomic mass is 32.1. The monoisotopic (exact) mass is 403 g/mol. The van der Waals surface area contributed by atoms with Crippen LogP contribution in [0.25, 0.3) is 0 Å². The molecule has 1 unspecified atom stereocenters. The standard InChI is InChI=1S/C18H21N5O4S/c1-27-14(24)10-19-18(26)23-9-5-6-12(11-23)16-21-22-17(28-16)15(25)20-13-7-3-2-4-8-13/h2-4,7-8,12H,5-6,9-11H2,1H3,(H,19,26)(H,20,25). The van der Waals surface area contributed by atoms with Gasteiger partial charge in [-0.1, -0.05) is 29.5 Å². The molecule has 148 valence electrons. The number of methoxy groups -OCH3 is 1. The van der Waals surface area contributed by atoms with Gasteiger partial charge in [-0.3, -0.25) is 9.59 Å². The Kier molecular flexibility index (Phi) is 6.53. The number of anilines is 1. The number of carbonyl (C=O) groups excluding carboxylic acids is 3. The average Bonchev–Trinajstić information content (AvgIpc) is 3.23. The highest BCUT2D eigenvalue weighted by Gasteiger charge is 2.28. The average molecular weight is 403 g/mol. The minimum atomic E-state index is -0.500. The van der Waals surface area contributed by atoms with E-state index in [1.807, 2.05) is 18.2 Å². The van der Waals surface area contributed by atoms with E-state index in [1.165, 1.54) is 18.4 Å². The van der Waals surface area contributed by atoms with Crippen molar-refractivity contribution < 1.29 is 19.1 Å². The molecule has 0 saturated carbocycles. The molecule has 1 saturated heterocycles. The lowest BCUT2D eigenvalue weighted by Crippen LogP contribution is -2.46. The number of rotatable bonds is 5. The van der Waals surface area contributed by atoms with Crippen molar-refractivity contribution in [2.75, 3.05) is 32.1 Å². The molecule has 9 nitrogen and oxygen atoms in total. The van der Waals surface area contributed by atoms with Crippen molar-refractivity contribution >= 4 is 34.9 Å². The molecule has 1 aromatic heterocycles. The van der Waals surface area contributed by atoms with E-state index in [2.05, 4.69) is 25.6 Å². The smallest absolute Gasteiger partial charge is 0.325 e. The van der Waals surface area contributed by atoms with Gasteiger partial charge in [0.2, 0.25) is 5.01 Å². The molecule has 1 fully saturated rings. The molecule has 0 spiro atoms. The molecule has 2 aromatic rings. The van der Waals surface area contributed by atoms with E-state index in [4.69, 9.17) is 0 Å². The van der Waals surface area contributed by atoms with E-state index in [1.54, 1.807) is 17.0 Å². The van der Waals surface area contributed by atoms with Gasteiger partial charge in [-0.15, -0.1) is 10.2 Å². The van der Waals surface area contributed by atoms with E-state index < -0.39 is 5.97 Å². The van der Waals surface area contributed by atoms with Crippen molar-refractivity contribution in [2.24, 2.45) is 0 Å². The maximum atomic E-state index is 12.3. The summed E-state index contributed by atoms with van der Waals surface area (Å²) in [6.07, 6.45) is 1.66. The zero-order valence-electron chi connectivity index (χ0n) is 15.4. The predicted octanol–water partition coefficient (Wildman–Crippen LogP) is 1.85. The van der Waals surface area contributed by atoms with Crippen LogP contribution >= 0.6 is 11.3 Å². The van der Waals surface area contributed by atoms with Gasteiger partial charge in [-0.25, -0.2) is 4.79 Å². The summed E-state index contributed by atoms with van der Waals surface area (Å²) in [5, 5.41) is 14.5. The Balaban J connectivity index is 1.58. The number of likely N-dealkylation sites (tertiary alicyclic amines) is 1. The zero-order valence-corrected chi connectivity index (χ0v) is 16.2. The first-order valence-corrected chi connectivity index (χ1v) is 9.68. The van der Waals surface area contributed by atoms with E-state index in [0.717, 1.165) is 17.8 Å². The van der Waals surface area contributed by atoms with Gasteiger partial charge in [-0.2, -0.15) is 0 Å². The Morgan fingerprint density at radius 1 is 1.25 bits per heavy atom. The second-order valence-corrected chi connectivity index (χ2v) is 7.29. The van der Waals surface area contributed by atoms with Gasteiger partial charge >= 0.3 is 12.0 Å². The van der Waals surface area contributed by atoms with E-state index in [9.17, 15) is 14.4 Å². The third kappa shape index (κ3) is 5.03. The summed E-state index contributed by atoms with van der Waals surface area (Å²) in [7, 11) is 1.27. The largest absolute Gasteiger partial charge is 0.468 e. The quantitative estimate of drug-likeness (QED) is 0.737. The van der Waals surface area contributed by atoms with Crippen LogP contribution < -0.4 is 10.6 Å². The van der Waals surface area contributed by atoms with Gasteiger partial charge in [0, 0.05) is 24.7 Å². The van der Waals surface area contributed by atoms with Crippen LogP contribution in [0.5, 0.6) is 0 Å². The van der Waals surface area contributed by atoms with Crippen LogP contribution in [0.15, 0.2) is 30.3 Å². The second kappa shape index (κ2) is 9.27. The summed E-state index contributed by atoms with van der Waals surface area (Å²) in [4.78, 5) is 37.4. The molecule has 1 atom stereocenters. The number of nitrogens with zero attached hydrogens (tertiary/aromatic N) is 3. The van der Waals surface area contributed by atoms with Crippen LogP contribution in [0.2, 0.25) is 0 Å². The molecule has 3 amide bonds. The number of aromatic nitrogens is 2. The van der Waals surface area contributed by atoms with Gasteiger partial charge in [0.15, 0.2) is 0 Å². The highest BCUT2D eigenvalue weighted by molar-refractivity contribution is 7.13. The molecule has 28 heavy (non-hydrogen) atoms. The molecule has 1 aliphatic rings. The Morgan fingerprint density at radius 2 is 2.04 bits per heavy atom. The summed E-state index contributed by atoms with van der Waals surface area (Å²) in [6.45, 7) is 0.894. The summed E-state index contributed by atoms with van der Waals surface area (Å²) in [5.74, 6) is -0.799. The minimum absolute atomic E-state index is 0.00778. The number of urea groups is 1. The SMILES string of the molecule is COC(=O)CNC(=O)N1CCCC(c2nnc(C(=O)Nc3ccccc3)s2)C1. The molecular weight excluding hydrogens is 382 g/mol. The lowest BCUT2D eigenvalue weighted by atomic mass is 9.99. The summed E-state index contributed by atoms with van der Waals surface area (Å²) in [6, 6.07) is 8.82. The van der Waals surface area contributed by atoms with Crippen molar-refractivity contribution in [3.05, 3.63) is 40.3 Å². The third-order valence-corrected chi connectivity index (χ3v) is 5.42. The van der Waals surface area contributed by atoms with E-state index in [0.29, 0.717) is 18.8 Å². The molecular formula is C18H21N5O4S. The molecule has 2 heterocycles. The fourth-order valence-corrected chi connectivity index (χ4v) is 3.76. The second-order valence-electron chi connectivity index (χ2n) is 6.29. The van der Waals surface area contributed by atoms with Crippen LogP contribution in [0.1, 0.15) is 33.6 Å². The van der Waals surface area contributed by atoms with Crippen molar-refractivity contribution in [3.63, 3.8) is 0 Å². The number of amides is 3. The minimum Gasteiger partial charge on any atom is -0.468 e. The first kappa shape index (κ1) is 19.7. The first-order valence-electron chi connectivity index (χ1n) is 8.86. The van der Waals surface area contributed by atoms with Gasteiger partial charge in [-0.05, 0) is 25.0 Å². The van der Waals surface area contributed by atoms with Crippen molar-refractivity contribution in [1.29, 1.82) is 0 Å². The van der Waals surface area contributed by atoms with Crippen LogP contribution in [0, 0.1) is 0 Å². The lowest BCUT2D eigenvalue weighted by molar-refractivity contribution is -0.139. The number of para-hydroxylation sites is 1. The number of esters is 1. The Labute approximate surface area is 166 Å². The number of nitrogens with one attached hydrogen (secondary N) is 2. The van der Waals surface area contributed by atoms with Crippen molar-refractivity contribution in [1.82, 2.24) is 20.4 Å². The molecule has 10 heteroatoms. The first-order chi connectivity index (χ1) is 13.6. The molecule has 2 N–H and O–H groups in total. The summed E-state index contributed by atoms with van der Waals surface area (Å²) >= 11 is 1.24. The molecule has 1 aliphatic heterocycles. The Bertz CT molecular complexity index is 842. The maximum absolute atomic E-state index is 12.3. The van der Waals surface area contributed by atoms with E-state index in [-0.39, 0.29) is 29.4 Å². The fourth-order valence-electron chi connectivity index (χ4n) is 2.89. The number of hydrogen-bond donors (Lipinski definition) is 2. The number of carbonyl (C=O) groups is 3. The van der Waals surface area contributed by atoms with Crippen LogP contribution in [0.4, 0.5) is 10.5 Å². The lowest BCUT2D eigenvalue weighted by Gasteiger charge is -2.31. The number of ether oxygens (including phenoxy) is 1. The van der Waals surface area contributed by atoms with E-state index >= 15 is 0 Å². The topological polar surface area (TPSA) is 114 Å². The van der Waals surface area contributed by atoms with Crippen LogP contribution in [0.3, 0.4) is 0 Å². The fraction of sp³-hybridized carbons (Fsp3) is 0.389. The zero-order chi connectivity index (χ0) is 19.9. The van der Waals surface area contributed by atoms with Gasteiger partial charge in [0.25, 0.3) is 5.91 Å². The third-order valence-electron chi connectivity index (χ3n) is 4.34. The normalized spacial score (nSPS) is 16.3. The summed E-state index contributed by atoms with van der Waals surface area (Å²) < 4.78 is 4.52. The molecule has 0 aliphatic carbocycles. The maximum Gasteiger partial charge on any atom is 0.325 e. The highest BCUT2D eigenvalue weighted by Crippen LogP contribution is 2.29. The van der Waals surface area contributed by atoms with Crippen LogP contribution in [-0.2, 0) is 9.53 Å². The molecule has 1 aromatic carbocycles. The van der Waals surface area contributed by atoms with Gasteiger partial charge in [0.1, 0.15) is 11.6 Å². The van der Waals surface area contributed by atoms with Crippen molar-refractivity contribution in [2.45, 2.75) is 18.8 Å². The summed E-state index contributed by atoms with van der Waals surface area (Å²) in [5.41, 5.74) is 0.690.